The molecule has 0 saturated heterocycles. The van der Waals surface area contributed by atoms with Gasteiger partial charge in [0.1, 0.15) is 22.8 Å². The van der Waals surface area contributed by atoms with Gasteiger partial charge in [-0.2, -0.15) is 0 Å². The van der Waals surface area contributed by atoms with Crippen LogP contribution in [0.3, 0.4) is 0 Å². The average molecular weight is 610 g/mol. The predicted octanol–water partition coefficient (Wildman–Crippen LogP) is 1.63. The molecule has 11 nitrogen and oxygen atoms in total. The molecule has 3 aliphatic carbocycles. The number of hydrogen-bond donors (Lipinski definition) is 6. The Morgan fingerprint density at radius 2 is 1.84 bits per heavy atom. The first-order valence-electron chi connectivity index (χ1n) is 13.9. The molecule has 1 aliphatic heterocycles. The Bertz CT molecular complexity index is 1680. The van der Waals surface area contributed by atoms with E-state index in [1.807, 2.05) is 18.2 Å². The van der Waals surface area contributed by atoms with Crippen molar-refractivity contribution in [3.8, 4) is 5.75 Å². The van der Waals surface area contributed by atoms with Crippen molar-refractivity contribution in [2.75, 3.05) is 14.1 Å². The largest absolute Gasteiger partial charge is 0.508 e. The molecule has 1 saturated carbocycles. The van der Waals surface area contributed by atoms with Crippen LogP contribution in [0, 0.1) is 11.8 Å². The number of phenolic OH excluding ortho intramolecular Hbond substituents is 1. The quantitative estimate of drug-likeness (QED) is 0.272. The van der Waals surface area contributed by atoms with Gasteiger partial charge in [-0.15, -0.1) is 0 Å². The number of ketones is 2. The Labute approximate surface area is 252 Å². The maximum Gasteiger partial charge on any atom is 0.255 e. The first kappa shape index (κ1) is 29.3. The molecule has 4 aliphatic rings. The topological polar surface area (TPSA) is 185 Å². The number of primary amides is 1. The van der Waals surface area contributed by atoms with Crippen molar-refractivity contribution in [1.82, 2.24) is 9.80 Å². The Morgan fingerprint density at radius 1 is 1.14 bits per heavy atom. The lowest BCUT2D eigenvalue weighted by molar-refractivity contribution is -0.153. The zero-order valence-electron chi connectivity index (χ0n) is 23.6. The SMILES string of the molecule is CN(C)[C@@H]1C(=O)C(C(N)=O)=C(O)[C@@]2(O)C(=O)C3=C(O)c4c(O)cc(CN5Cc6ccc(CO)cc6C5)c(Cl)c4C[C@H]3C[C@@H]12. The number of aliphatic hydroxyl groups is 4. The monoisotopic (exact) mass is 609 g/mol. The molecule has 0 unspecified atom stereocenters. The van der Waals surface area contributed by atoms with Crippen LogP contribution in [0.15, 0.2) is 41.2 Å². The van der Waals surface area contributed by atoms with Gasteiger partial charge in [-0.25, -0.2) is 0 Å². The number of rotatable bonds is 5. The Kier molecular flexibility index (Phi) is 6.94. The van der Waals surface area contributed by atoms with Crippen molar-refractivity contribution in [3.05, 3.63) is 79.6 Å². The number of halogens is 1. The highest BCUT2D eigenvalue weighted by molar-refractivity contribution is 6.32. The number of nitrogens with two attached hydrogens (primary N) is 1. The van der Waals surface area contributed by atoms with Crippen LogP contribution >= 0.6 is 11.6 Å². The summed E-state index contributed by atoms with van der Waals surface area (Å²) in [4.78, 5) is 42.9. The Morgan fingerprint density at radius 3 is 2.49 bits per heavy atom. The van der Waals surface area contributed by atoms with Gasteiger partial charge in [0.25, 0.3) is 5.91 Å². The number of hydrogen-bond acceptors (Lipinski definition) is 10. The summed E-state index contributed by atoms with van der Waals surface area (Å²) in [6.07, 6.45) is 0.108. The fourth-order valence-electron chi connectivity index (χ4n) is 7.43. The maximum absolute atomic E-state index is 14.0. The highest BCUT2D eigenvalue weighted by atomic mass is 35.5. The van der Waals surface area contributed by atoms with Gasteiger partial charge in [0.05, 0.1) is 18.2 Å². The number of phenols is 1. The minimum atomic E-state index is -2.69. The van der Waals surface area contributed by atoms with Gasteiger partial charge in [0.15, 0.2) is 11.4 Å². The minimum Gasteiger partial charge on any atom is -0.508 e. The van der Waals surface area contributed by atoms with Gasteiger partial charge in [-0.1, -0.05) is 29.8 Å². The first-order chi connectivity index (χ1) is 20.3. The lowest BCUT2D eigenvalue weighted by Crippen LogP contribution is -2.65. The predicted molar refractivity (Wildman–Crippen MR) is 155 cm³/mol. The summed E-state index contributed by atoms with van der Waals surface area (Å²) in [6.45, 7) is 1.60. The van der Waals surface area contributed by atoms with Gasteiger partial charge in [-0.3, -0.25) is 24.2 Å². The molecular formula is C31H32ClN3O8. The number of nitrogens with zero attached hydrogens (tertiary/aromatic N) is 2. The van der Waals surface area contributed by atoms with E-state index < -0.39 is 58.0 Å². The summed E-state index contributed by atoms with van der Waals surface area (Å²) in [6, 6.07) is 6.10. The highest BCUT2D eigenvalue weighted by Gasteiger charge is 2.64. The van der Waals surface area contributed by atoms with E-state index in [4.69, 9.17) is 17.3 Å². The van der Waals surface area contributed by atoms with E-state index in [-0.39, 0.29) is 36.3 Å². The van der Waals surface area contributed by atoms with E-state index in [0.29, 0.717) is 35.8 Å². The normalized spacial score (nSPS) is 26.9. The zero-order chi connectivity index (χ0) is 31.1. The minimum absolute atomic E-state index is 0.0122. The molecule has 1 amide bonds. The summed E-state index contributed by atoms with van der Waals surface area (Å²) in [7, 11) is 3.10. The van der Waals surface area contributed by atoms with Gasteiger partial charge in [0, 0.05) is 36.1 Å². The molecule has 7 N–H and O–H groups in total. The number of fused-ring (bicyclic) bond motifs is 4. The molecule has 2 aromatic carbocycles. The van der Waals surface area contributed by atoms with Crippen LogP contribution in [-0.4, -0.2) is 78.5 Å². The second-order valence-corrected chi connectivity index (χ2v) is 12.5. The van der Waals surface area contributed by atoms with Crippen LogP contribution in [0.1, 0.15) is 39.8 Å². The van der Waals surface area contributed by atoms with Crippen molar-refractivity contribution >= 4 is 34.8 Å². The number of benzene rings is 2. The van der Waals surface area contributed by atoms with Crippen molar-refractivity contribution in [1.29, 1.82) is 0 Å². The lowest BCUT2D eigenvalue weighted by atomic mass is 9.57. The van der Waals surface area contributed by atoms with E-state index in [1.54, 1.807) is 14.1 Å². The smallest absolute Gasteiger partial charge is 0.255 e. The fraction of sp³-hybridized carbons (Fsp3) is 0.387. The van der Waals surface area contributed by atoms with E-state index >= 15 is 0 Å². The average Bonchev–Trinajstić information content (AvgIpc) is 3.34. The second-order valence-electron chi connectivity index (χ2n) is 12.1. The number of amides is 1. The van der Waals surface area contributed by atoms with E-state index in [0.717, 1.165) is 16.7 Å². The molecule has 0 bridgehead atoms. The second kappa shape index (κ2) is 10.2. The molecule has 1 heterocycles. The van der Waals surface area contributed by atoms with Crippen molar-refractivity contribution < 1.29 is 39.9 Å². The number of carbonyl (C=O) groups is 3. The summed E-state index contributed by atoms with van der Waals surface area (Å²) in [5.74, 6) is -7.02. The van der Waals surface area contributed by atoms with Crippen molar-refractivity contribution in [2.24, 2.45) is 17.6 Å². The number of aliphatic hydroxyl groups excluding tert-OH is 3. The van der Waals surface area contributed by atoms with Gasteiger partial charge in [-0.05, 0) is 66.7 Å². The van der Waals surface area contributed by atoms with E-state index in [1.165, 1.54) is 11.0 Å². The lowest BCUT2D eigenvalue weighted by Gasteiger charge is -2.50. The van der Waals surface area contributed by atoms with Gasteiger partial charge < -0.3 is 31.3 Å². The molecule has 1 fully saturated rings. The number of likely N-dealkylation sites (N-methyl/N-ethyl adjacent to an activating group) is 1. The molecule has 4 atom stereocenters. The van der Waals surface area contributed by atoms with Gasteiger partial charge in [0.2, 0.25) is 5.78 Å². The molecule has 2 aromatic rings. The van der Waals surface area contributed by atoms with Crippen LogP contribution in [0.5, 0.6) is 5.75 Å². The first-order valence-corrected chi connectivity index (χ1v) is 14.3. The summed E-state index contributed by atoms with van der Waals surface area (Å²) >= 11 is 6.91. The summed E-state index contributed by atoms with van der Waals surface area (Å²) in [5, 5.41) is 55.0. The summed E-state index contributed by atoms with van der Waals surface area (Å²) in [5.41, 5.74) is 5.66. The van der Waals surface area contributed by atoms with Crippen molar-refractivity contribution in [2.45, 2.75) is 50.7 Å². The number of Topliss-reactive ketones (excluding diaryl/α,β-unsaturated/α-hetero) is 2. The zero-order valence-corrected chi connectivity index (χ0v) is 24.4. The van der Waals surface area contributed by atoms with E-state index in [9.17, 15) is 39.9 Å². The Balaban J connectivity index is 1.40. The molecule has 0 spiro atoms. The third-order valence-corrected chi connectivity index (χ3v) is 9.83. The Hall–Kier alpha value is -3.74. The van der Waals surface area contributed by atoms with Crippen LogP contribution in [0.25, 0.3) is 5.76 Å². The molecular weight excluding hydrogens is 578 g/mol. The standard InChI is InChI=1S/C31H32ClN3O8/c1-34(2)25-19-7-15-6-18-22(26(38)21(15)28(40)31(19,43)29(41)23(27(25)39)30(33)42)20(37)8-17(24(18)32)11-35-9-14-4-3-13(12-36)5-16(14)10-35/h3-5,8,15,19,25,36-38,41,43H,6-7,9-12H2,1-2H3,(H2,33,42)/t15-,19-,25-,31-/m0/s1. The van der Waals surface area contributed by atoms with Gasteiger partial charge >= 0.3 is 0 Å². The third-order valence-electron chi connectivity index (χ3n) is 9.36. The number of carbonyl (C=O) groups excluding carboxylic acids is 3. The molecule has 6 rings (SSSR count). The highest BCUT2D eigenvalue weighted by Crippen LogP contribution is 2.53. The molecule has 43 heavy (non-hydrogen) atoms. The maximum atomic E-state index is 14.0. The fourth-order valence-corrected chi connectivity index (χ4v) is 7.72. The van der Waals surface area contributed by atoms with Crippen LogP contribution in [0.4, 0.5) is 0 Å². The molecule has 12 heteroatoms. The molecule has 0 aromatic heterocycles. The van der Waals surface area contributed by atoms with Crippen LogP contribution in [-0.2, 0) is 47.0 Å². The molecule has 0 radical (unpaired) electrons. The summed E-state index contributed by atoms with van der Waals surface area (Å²) < 4.78 is 0. The van der Waals surface area contributed by atoms with E-state index in [2.05, 4.69) is 4.90 Å². The molecule has 226 valence electrons. The van der Waals surface area contributed by atoms with Crippen molar-refractivity contribution in [3.63, 3.8) is 0 Å². The van der Waals surface area contributed by atoms with Crippen LogP contribution in [0.2, 0.25) is 5.02 Å². The number of aromatic hydroxyl groups is 1. The van der Waals surface area contributed by atoms with Crippen LogP contribution < -0.4 is 5.73 Å². The third kappa shape index (κ3) is 4.21.